The predicted molar refractivity (Wildman–Crippen MR) is 107 cm³/mol. The van der Waals surface area contributed by atoms with Crippen molar-refractivity contribution >= 4 is 17.5 Å². The summed E-state index contributed by atoms with van der Waals surface area (Å²) in [7, 11) is 0. The number of hydrogen-bond acceptors (Lipinski definition) is 4. The van der Waals surface area contributed by atoms with Crippen molar-refractivity contribution in [2.75, 3.05) is 25.0 Å². The van der Waals surface area contributed by atoms with Crippen molar-refractivity contribution < 1.29 is 37.4 Å². The lowest BCUT2D eigenvalue weighted by Crippen LogP contribution is -2.51. The molecule has 1 fully saturated rings. The maximum absolute atomic E-state index is 15.0. The highest BCUT2D eigenvalue weighted by atomic mass is 19.3. The minimum absolute atomic E-state index is 0.00490. The number of aliphatic hydroxyl groups is 2. The summed E-state index contributed by atoms with van der Waals surface area (Å²) in [6.45, 7) is 0.493. The Kier molecular flexibility index (Phi) is 6.85. The van der Waals surface area contributed by atoms with Gasteiger partial charge in [0.1, 0.15) is 11.6 Å². The van der Waals surface area contributed by atoms with Gasteiger partial charge in [0.05, 0.1) is 18.3 Å². The first-order valence-corrected chi connectivity index (χ1v) is 9.88. The fourth-order valence-corrected chi connectivity index (χ4v) is 3.53. The number of anilines is 1. The van der Waals surface area contributed by atoms with Crippen LogP contribution >= 0.6 is 0 Å². The smallest absolute Gasteiger partial charge is 0.352 e. The average Bonchev–Trinajstić information content (AvgIpc) is 2.76. The van der Waals surface area contributed by atoms with Gasteiger partial charge in [-0.2, -0.15) is 8.78 Å². The first kappa shape index (κ1) is 23.7. The molecule has 1 aliphatic rings. The van der Waals surface area contributed by atoms with Gasteiger partial charge in [-0.05, 0) is 55.3 Å². The van der Waals surface area contributed by atoms with Crippen LogP contribution in [0.2, 0.25) is 0 Å². The van der Waals surface area contributed by atoms with Gasteiger partial charge in [-0.3, -0.25) is 9.59 Å². The number of carbonyl (C=O) groups excluding carboxylic acids is 2. The number of nitrogens with one attached hydrogen (secondary N) is 1. The van der Waals surface area contributed by atoms with E-state index in [-0.39, 0.29) is 36.3 Å². The van der Waals surface area contributed by atoms with Crippen molar-refractivity contribution in [1.29, 1.82) is 0 Å². The van der Waals surface area contributed by atoms with Gasteiger partial charge in [0.2, 0.25) is 0 Å². The molecule has 2 aromatic rings. The Morgan fingerprint density at radius 2 is 1.84 bits per heavy atom. The first-order valence-electron chi connectivity index (χ1n) is 9.88. The topological polar surface area (TPSA) is 89.9 Å². The van der Waals surface area contributed by atoms with Crippen LogP contribution in [0.4, 0.5) is 23.2 Å². The number of amides is 2. The molecule has 2 aromatic carbocycles. The monoisotopic (exact) mass is 454 g/mol. The van der Waals surface area contributed by atoms with Crippen LogP contribution in [0.15, 0.2) is 36.4 Å². The third-order valence-corrected chi connectivity index (χ3v) is 5.47. The Morgan fingerprint density at radius 3 is 2.50 bits per heavy atom. The van der Waals surface area contributed by atoms with Crippen molar-refractivity contribution in [3.63, 3.8) is 0 Å². The van der Waals surface area contributed by atoms with Gasteiger partial charge in [-0.15, -0.1) is 0 Å². The molecular formula is C22H22F4N2O4. The van der Waals surface area contributed by atoms with E-state index in [0.29, 0.717) is 12.1 Å². The largest absolute Gasteiger partial charge is 0.396 e. The molecule has 10 heteroatoms. The standard InChI is InChI=1S/C22H22F4N2O4/c1-12-8-15(3-5-17(12)23)27-20(31)13-2-4-18(24)16(9-13)22(25,26)21(32)28-7-6-19(30)14(10-28)11-29/h2-5,8-9,14,19,29-30H,6-7,10-11H2,1H3,(H,27,31). The fourth-order valence-electron chi connectivity index (χ4n) is 3.53. The molecule has 6 nitrogen and oxygen atoms in total. The van der Waals surface area contributed by atoms with Gasteiger partial charge < -0.3 is 20.4 Å². The van der Waals surface area contributed by atoms with Crippen LogP contribution in [0.3, 0.4) is 0 Å². The van der Waals surface area contributed by atoms with Gasteiger partial charge in [0.15, 0.2) is 0 Å². The molecule has 3 rings (SSSR count). The Morgan fingerprint density at radius 1 is 1.16 bits per heavy atom. The summed E-state index contributed by atoms with van der Waals surface area (Å²) in [5.41, 5.74) is -1.12. The number of benzene rings is 2. The summed E-state index contributed by atoms with van der Waals surface area (Å²) in [5, 5.41) is 21.4. The molecule has 0 bridgehead atoms. The molecule has 2 atom stereocenters. The number of rotatable bonds is 5. The van der Waals surface area contributed by atoms with Crippen LogP contribution in [0.5, 0.6) is 0 Å². The number of nitrogens with zero attached hydrogens (tertiary/aromatic N) is 1. The lowest BCUT2D eigenvalue weighted by Gasteiger charge is -2.36. The SMILES string of the molecule is Cc1cc(NC(=O)c2ccc(F)c(C(F)(F)C(=O)N3CCC(O)C(CO)C3)c2)ccc1F. The third kappa shape index (κ3) is 4.76. The molecule has 0 saturated carbocycles. The highest BCUT2D eigenvalue weighted by Crippen LogP contribution is 2.34. The van der Waals surface area contributed by atoms with Gasteiger partial charge in [0, 0.05) is 30.3 Å². The number of alkyl halides is 2. The quantitative estimate of drug-likeness (QED) is 0.607. The van der Waals surface area contributed by atoms with Crippen LogP contribution < -0.4 is 5.32 Å². The zero-order valence-corrected chi connectivity index (χ0v) is 17.1. The molecule has 2 unspecified atom stereocenters. The van der Waals surface area contributed by atoms with E-state index in [1.807, 2.05) is 0 Å². The zero-order chi connectivity index (χ0) is 23.6. The molecule has 0 spiro atoms. The number of piperidine rings is 1. The van der Waals surface area contributed by atoms with E-state index < -0.39 is 53.6 Å². The number of aryl methyl sites for hydroxylation is 1. The zero-order valence-electron chi connectivity index (χ0n) is 17.1. The summed E-state index contributed by atoms with van der Waals surface area (Å²) in [6.07, 6.45) is -0.939. The summed E-state index contributed by atoms with van der Waals surface area (Å²) in [6, 6.07) is 6.01. The number of aliphatic hydroxyl groups excluding tert-OH is 2. The van der Waals surface area contributed by atoms with Crippen molar-refractivity contribution in [3.05, 3.63) is 64.7 Å². The molecule has 0 radical (unpaired) electrons. The normalized spacial score (nSPS) is 19.0. The number of hydrogen-bond donors (Lipinski definition) is 3. The molecule has 1 aliphatic heterocycles. The Bertz CT molecular complexity index is 1030. The summed E-state index contributed by atoms with van der Waals surface area (Å²) in [5.74, 6) is -9.46. The van der Waals surface area contributed by atoms with Gasteiger partial charge in [-0.25, -0.2) is 8.78 Å². The lowest BCUT2D eigenvalue weighted by molar-refractivity contribution is -0.163. The Balaban J connectivity index is 1.84. The number of likely N-dealkylation sites (tertiary alicyclic amines) is 1. The minimum atomic E-state index is -4.28. The van der Waals surface area contributed by atoms with Crippen LogP contribution in [0.25, 0.3) is 0 Å². The number of halogens is 4. The highest BCUT2D eigenvalue weighted by Gasteiger charge is 2.47. The van der Waals surface area contributed by atoms with Crippen molar-refractivity contribution in [2.24, 2.45) is 5.92 Å². The van der Waals surface area contributed by atoms with Gasteiger partial charge in [0.25, 0.3) is 11.8 Å². The molecule has 0 aliphatic carbocycles. The summed E-state index contributed by atoms with van der Waals surface area (Å²) >= 11 is 0. The predicted octanol–water partition coefficient (Wildman–Crippen LogP) is 2.82. The maximum Gasteiger partial charge on any atom is 0.352 e. The first-order chi connectivity index (χ1) is 15.0. The van der Waals surface area contributed by atoms with Crippen LogP contribution in [0, 0.1) is 24.5 Å². The Labute approximate surface area is 181 Å². The van der Waals surface area contributed by atoms with E-state index in [2.05, 4.69) is 5.32 Å². The van der Waals surface area contributed by atoms with Gasteiger partial charge in [-0.1, -0.05) is 0 Å². The van der Waals surface area contributed by atoms with E-state index in [0.717, 1.165) is 17.0 Å². The minimum Gasteiger partial charge on any atom is -0.396 e. The lowest BCUT2D eigenvalue weighted by atomic mass is 9.94. The fraction of sp³-hybridized carbons (Fsp3) is 0.364. The molecular weight excluding hydrogens is 432 g/mol. The summed E-state index contributed by atoms with van der Waals surface area (Å²) in [4.78, 5) is 25.7. The molecule has 3 N–H and O–H groups in total. The molecule has 32 heavy (non-hydrogen) atoms. The van der Waals surface area contributed by atoms with Gasteiger partial charge >= 0.3 is 5.92 Å². The third-order valence-electron chi connectivity index (χ3n) is 5.47. The molecule has 2 amide bonds. The second kappa shape index (κ2) is 9.25. The van der Waals surface area contributed by atoms with Crippen molar-refractivity contribution in [3.8, 4) is 0 Å². The Hall–Kier alpha value is -2.98. The van der Waals surface area contributed by atoms with Crippen LogP contribution in [0.1, 0.15) is 27.9 Å². The van der Waals surface area contributed by atoms with Crippen molar-refractivity contribution in [2.45, 2.75) is 25.4 Å². The molecule has 172 valence electrons. The number of carbonyl (C=O) groups is 2. The van der Waals surface area contributed by atoms with E-state index in [9.17, 15) is 37.4 Å². The molecule has 0 aromatic heterocycles. The molecule has 1 heterocycles. The van der Waals surface area contributed by atoms with Crippen LogP contribution in [-0.2, 0) is 10.7 Å². The average molecular weight is 454 g/mol. The highest BCUT2D eigenvalue weighted by molar-refractivity contribution is 6.04. The summed E-state index contributed by atoms with van der Waals surface area (Å²) < 4.78 is 57.6. The molecule has 1 saturated heterocycles. The van der Waals surface area contributed by atoms with E-state index >= 15 is 0 Å². The van der Waals surface area contributed by atoms with Crippen LogP contribution in [-0.4, -0.2) is 52.7 Å². The van der Waals surface area contributed by atoms with E-state index in [4.69, 9.17) is 0 Å². The van der Waals surface area contributed by atoms with Crippen molar-refractivity contribution in [1.82, 2.24) is 4.90 Å². The maximum atomic E-state index is 15.0. The second-order valence-corrected chi connectivity index (χ2v) is 7.74. The van der Waals surface area contributed by atoms with E-state index in [1.54, 1.807) is 0 Å². The van der Waals surface area contributed by atoms with E-state index in [1.165, 1.54) is 19.1 Å². The second-order valence-electron chi connectivity index (χ2n) is 7.74.